The average Bonchev–Trinajstić information content (AvgIpc) is 2.85. The van der Waals surface area contributed by atoms with Crippen molar-refractivity contribution in [1.29, 1.82) is 0 Å². The first-order valence-corrected chi connectivity index (χ1v) is 7.77. The number of fused-ring (bicyclic) bond motifs is 2. The van der Waals surface area contributed by atoms with Crippen LogP contribution in [0.25, 0.3) is 11.3 Å². The zero-order valence-electron chi connectivity index (χ0n) is 11.1. The van der Waals surface area contributed by atoms with Gasteiger partial charge in [-0.25, -0.2) is 4.98 Å². The molecule has 0 saturated carbocycles. The summed E-state index contributed by atoms with van der Waals surface area (Å²) in [5.74, 6) is 1.65. The molecule has 0 saturated heterocycles. The minimum atomic E-state index is 0.613. The van der Waals surface area contributed by atoms with Gasteiger partial charge in [-0.2, -0.15) is 0 Å². The van der Waals surface area contributed by atoms with Gasteiger partial charge in [0.2, 0.25) is 0 Å². The molecule has 0 atom stereocenters. The van der Waals surface area contributed by atoms with Crippen molar-refractivity contribution in [2.24, 2.45) is 0 Å². The van der Waals surface area contributed by atoms with Crippen LogP contribution in [0.15, 0.2) is 22.9 Å². The van der Waals surface area contributed by atoms with Crippen LogP contribution in [0, 0.1) is 0 Å². The summed E-state index contributed by atoms with van der Waals surface area (Å²) in [4.78, 5) is 4.69. The lowest BCUT2D eigenvalue weighted by molar-refractivity contribution is 0.171. The van der Waals surface area contributed by atoms with E-state index in [-0.39, 0.29) is 0 Å². The third-order valence-corrected chi connectivity index (χ3v) is 4.49. The Kier molecular flexibility index (Phi) is 2.95. The van der Waals surface area contributed by atoms with Crippen molar-refractivity contribution in [2.75, 3.05) is 13.2 Å². The molecule has 104 valence electrons. The van der Waals surface area contributed by atoms with Crippen molar-refractivity contribution in [2.45, 2.75) is 25.8 Å². The fourth-order valence-electron chi connectivity index (χ4n) is 2.92. The number of hydrogen-bond acceptors (Lipinski definition) is 3. The van der Waals surface area contributed by atoms with Crippen molar-refractivity contribution in [1.82, 2.24) is 9.55 Å². The van der Waals surface area contributed by atoms with Crippen LogP contribution in [0.3, 0.4) is 0 Å². The number of hydrogen-bond donors (Lipinski definition) is 0. The molecule has 0 unspecified atom stereocenters. The first-order chi connectivity index (χ1) is 9.83. The van der Waals surface area contributed by atoms with E-state index in [9.17, 15) is 0 Å². The molecule has 0 fully saturated rings. The van der Waals surface area contributed by atoms with Crippen LogP contribution in [0.1, 0.15) is 18.5 Å². The minimum Gasteiger partial charge on any atom is -0.486 e. The first kappa shape index (κ1) is 12.3. The molecule has 0 N–H and O–H groups in total. The van der Waals surface area contributed by atoms with Gasteiger partial charge in [-0.1, -0.05) is 0 Å². The van der Waals surface area contributed by atoms with Gasteiger partial charge in [0.1, 0.15) is 13.2 Å². The Bertz CT molecular complexity index is 666. The Labute approximate surface area is 125 Å². The largest absolute Gasteiger partial charge is 0.486 e. The normalized spacial score (nSPS) is 16.9. The van der Waals surface area contributed by atoms with Crippen LogP contribution in [-0.4, -0.2) is 22.8 Å². The number of halogens is 1. The highest BCUT2D eigenvalue weighted by atomic mass is 79.9. The topological polar surface area (TPSA) is 36.3 Å². The quantitative estimate of drug-likeness (QED) is 0.801. The van der Waals surface area contributed by atoms with Gasteiger partial charge in [-0.3, -0.25) is 0 Å². The molecule has 4 nitrogen and oxygen atoms in total. The second-order valence-electron chi connectivity index (χ2n) is 5.14. The lowest BCUT2D eigenvalue weighted by atomic mass is 10.0. The highest BCUT2D eigenvalue weighted by Gasteiger charge is 2.21. The van der Waals surface area contributed by atoms with Gasteiger partial charge in [0, 0.05) is 17.8 Å². The van der Waals surface area contributed by atoms with Gasteiger partial charge in [-0.15, -0.1) is 0 Å². The molecule has 0 amide bonds. The third kappa shape index (κ3) is 1.92. The van der Waals surface area contributed by atoms with Gasteiger partial charge >= 0.3 is 0 Å². The maximum atomic E-state index is 5.67. The molecule has 2 aliphatic rings. The molecular formula is C15H15BrN2O2. The van der Waals surface area contributed by atoms with Crippen molar-refractivity contribution >= 4 is 15.9 Å². The molecule has 3 heterocycles. The van der Waals surface area contributed by atoms with Crippen LogP contribution < -0.4 is 9.47 Å². The zero-order valence-corrected chi connectivity index (χ0v) is 12.6. The van der Waals surface area contributed by atoms with E-state index in [1.807, 2.05) is 12.1 Å². The van der Waals surface area contributed by atoms with E-state index in [1.165, 1.54) is 18.5 Å². The van der Waals surface area contributed by atoms with Gasteiger partial charge in [0.15, 0.2) is 16.2 Å². The summed E-state index contributed by atoms with van der Waals surface area (Å²) >= 11 is 3.57. The molecule has 1 aromatic carbocycles. The van der Waals surface area contributed by atoms with Crippen LogP contribution >= 0.6 is 15.9 Å². The number of imidazole rings is 1. The van der Waals surface area contributed by atoms with Crippen molar-refractivity contribution < 1.29 is 9.47 Å². The van der Waals surface area contributed by atoms with Crippen LogP contribution in [0.4, 0.5) is 0 Å². The number of nitrogens with zero attached hydrogens (tertiary/aromatic N) is 2. The van der Waals surface area contributed by atoms with Crippen LogP contribution in [-0.2, 0) is 13.0 Å². The summed E-state index contributed by atoms with van der Waals surface area (Å²) in [6, 6.07) is 6.09. The monoisotopic (exact) mass is 334 g/mol. The van der Waals surface area contributed by atoms with E-state index in [0.29, 0.717) is 13.2 Å². The summed E-state index contributed by atoms with van der Waals surface area (Å²) in [5, 5.41) is 0. The minimum absolute atomic E-state index is 0.613. The molecule has 0 radical (unpaired) electrons. The summed E-state index contributed by atoms with van der Waals surface area (Å²) < 4.78 is 14.4. The Balaban J connectivity index is 1.81. The Morgan fingerprint density at radius 3 is 2.85 bits per heavy atom. The predicted molar refractivity (Wildman–Crippen MR) is 79.3 cm³/mol. The van der Waals surface area contributed by atoms with E-state index in [4.69, 9.17) is 14.5 Å². The van der Waals surface area contributed by atoms with Crippen LogP contribution in [0.5, 0.6) is 11.5 Å². The Morgan fingerprint density at radius 1 is 1.10 bits per heavy atom. The molecule has 1 aromatic heterocycles. The average molecular weight is 335 g/mol. The molecule has 2 aliphatic heterocycles. The number of rotatable bonds is 1. The van der Waals surface area contributed by atoms with E-state index in [0.717, 1.165) is 40.5 Å². The second kappa shape index (κ2) is 4.81. The molecular weight excluding hydrogens is 320 g/mol. The van der Waals surface area contributed by atoms with Gasteiger partial charge in [-0.05, 0) is 53.4 Å². The van der Waals surface area contributed by atoms with Gasteiger partial charge in [0.05, 0.1) is 5.69 Å². The molecule has 4 rings (SSSR count). The Hall–Kier alpha value is -1.49. The molecule has 20 heavy (non-hydrogen) atoms. The van der Waals surface area contributed by atoms with E-state index in [2.05, 4.69) is 26.6 Å². The molecule has 0 spiro atoms. The smallest absolute Gasteiger partial charge is 0.177 e. The maximum Gasteiger partial charge on any atom is 0.177 e. The van der Waals surface area contributed by atoms with Crippen molar-refractivity contribution in [3.63, 3.8) is 0 Å². The van der Waals surface area contributed by atoms with Crippen molar-refractivity contribution in [3.05, 3.63) is 28.6 Å². The molecule has 0 aliphatic carbocycles. The maximum absolute atomic E-state index is 5.67. The summed E-state index contributed by atoms with van der Waals surface area (Å²) in [6.07, 6.45) is 3.54. The zero-order chi connectivity index (χ0) is 13.5. The second-order valence-corrected chi connectivity index (χ2v) is 5.85. The number of benzene rings is 1. The first-order valence-electron chi connectivity index (χ1n) is 6.98. The highest BCUT2D eigenvalue weighted by Crippen LogP contribution is 2.37. The van der Waals surface area contributed by atoms with E-state index in [1.54, 1.807) is 0 Å². The fraction of sp³-hybridized carbons (Fsp3) is 0.400. The lowest BCUT2D eigenvalue weighted by Gasteiger charge is -2.19. The summed E-state index contributed by atoms with van der Waals surface area (Å²) in [7, 11) is 0. The molecule has 2 aromatic rings. The number of ether oxygens (including phenoxy) is 2. The van der Waals surface area contributed by atoms with Crippen molar-refractivity contribution in [3.8, 4) is 22.8 Å². The lowest BCUT2D eigenvalue weighted by Crippen LogP contribution is -2.15. The van der Waals surface area contributed by atoms with E-state index < -0.39 is 0 Å². The fourth-order valence-corrected chi connectivity index (χ4v) is 3.49. The molecule has 0 bridgehead atoms. The molecule has 5 heteroatoms. The predicted octanol–water partition coefficient (Wildman–Crippen LogP) is 3.42. The summed E-state index contributed by atoms with van der Waals surface area (Å²) in [6.45, 7) is 2.28. The highest BCUT2D eigenvalue weighted by molar-refractivity contribution is 9.10. The number of aromatic nitrogens is 2. The SMILES string of the molecule is Brc1nc(-c2ccc3c(c2)OCCO3)c2n1CCCC2. The Morgan fingerprint density at radius 2 is 1.95 bits per heavy atom. The van der Waals surface area contributed by atoms with Crippen LogP contribution in [0.2, 0.25) is 0 Å². The van der Waals surface area contributed by atoms with Gasteiger partial charge in [0.25, 0.3) is 0 Å². The van der Waals surface area contributed by atoms with Gasteiger partial charge < -0.3 is 14.0 Å². The van der Waals surface area contributed by atoms with E-state index >= 15 is 0 Å². The summed E-state index contributed by atoms with van der Waals surface area (Å²) in [5.41, 5.74) is 3.49. The standard InChI is InChI=1S/C15H15BrN2O2/c16-15-17-14(11-3-1-2-6-18(11)15)10-4-5-12-13(9-10)20-8-7-19-12/h4-5,9H,1-3,6-8H2. The third-order valence-electron chi connectivity index (χ3n) is 3.89.